The van der Waals surface area contributed by atoms with E-state index in [9.17, 15) is 9.59 Å². The largest absolute Gasteiger partial charge is 0.353 e. The van der Waals surface area contributed by atoms with Crippen LogP contribution in [0, 0.1) is 19.8 Å². The highest BCUT2D eigenvalue weighted by Gasteiger charge is 2.25. The van der Waals surface area contributed by atoms with Crippen molar-refractivity contribution in [3.8, 4) is 0 Å². The zero-order valence-corrected chi connectivity index (χ0v) is 17.4. The number of hydrogen-bond acceptors (Lipinski definition) is 3. The number of rotatable bonds is 7. The Labute approximate surface area is 171 Å². The van der Waals surface area contributed by atoms with Crippen LogP contribution in [0.3, 0.4) is 0 Å². The van der Waals surface area contributed by atoms with Gasteiger partial charge in [0.15, 0.2) is 0 Å². The summed E-state index contributed by atoms with van der Waals surface area (Å²) in [5.74, 6) is 0.477. The van der Waals surface area contributed by atoms with Crippen LogP contribution in [-0.4, -0.2) is 34.0 Å². The summed E-state index contributed by atoms with van der Waals surface area (Å²) in [6.45, 7) is 8.78. The van der Waals surface area contributed by atoms with Crippen LogP contribution in [0.25, 0.3) is 11.0 Å². The van der Waals surface area contributed by atoms with Crippen LogP contribution in [0.1, 0.15) is 35.6 Å². The molecule has 1 unspecified atom stereocenters. The lowest BCUT2D eigenvalue weighted by atomic mass is 10.0. The fourth-order valence-corrected chi connectivity index (χ4v) is 3.46. The summed E-state index contributed by atoms with van der Waals surface area (Å²) in [6.07, 6.45) is 0. The third-order valence-electron chi connectivity index (χ3n) is 5.11. The molecule has 3 rings (SSSR count). The molecule has 0 saturated heterocycles. The number of hydrogen-bond donors (Lipinski definition) is 2. The molecule has 0 bridgehead atoms. The molecule has 1 heterocycles. The van der Waals surface area contributed by atoms with Crippen molar-refractivity contribution in [2.45, 2.75) is 40.3 Å². The number of imidazole rings is 1. The average Bonchev–Trinajstić information content (AvgIpc) is 3.01. The molecule has 2 aromatic carbocycles. The van der Waals surface area contributed by atoms with Gasteiger partial charge in [-0.1, -0.05) is 44.2 Å². The lowest BCUT2D eigenvalue weighted by Gasteiger charge is -2.22. The lowest BCUT2D eigenvalue weighted by molar-refractivity contribution is -0.123. The minimum atomic E-state index is -0.595. The molecule has 0 aliphatic carbocycles. The Kier molecular flexibility index (Phi) is 6.32. The second-order valence-corrected chi connectivity index (χ2v) is 7.60. The maximum atomic E-state index is 12.8. The fourth-order valence-electron chi connectivity index (χ4n) is 3.46. The number of amides is 2. The molecule has 152 valence electrons. The molecule has 2 N–H and O–H groups in total. The fraction of sp³-hybridized carbons (Fsp3) is 0.348. The zero-order chi connectivity index (χ0) is 21.0. The number of para-hydroxylation sites is 2. The topological polar surface area (TPSA) is 76.0 Å². The van der Waals surface area contributed by atoms with Crippen LogP contribution in [0.5, 0.6) is 0 Å². The Morgan fingerprint density at radius 3 is 2.45 bits per heavy atom. The van der Waals surface area contributed by atoms with Crippen LogP contribution in [0.4, 0.5) is 0 Å². The summed E-state index contributed by atoms with van der Waals surface area (Å²) < 4.78 is 2.09. The summed E-state index contributed by atoms with van der Waals surface area (Å²) in [4.78, 5) is 29.9. The van der Waals surface area contributed by atoms with Crippen LogP contribution >= 0.6 is 0 Å². The number of benzene rings is 2. The Balaban J connectivity index is 1.63. The van der Waals surface area contributed by atoms with E-state index in [4.69, 9.17) is 0 Å². The molecule has 6 heteroatoms. The number of carbonyl (C=O) groups excluding carboxylic acids is 2. The van der Waals surface area contributed by atoms with Crippen molar-refractivity contribution in [1.82, 2.24) is 20.2 Å². The van der Waals surface area contributed by atoms with Gasteiger partial charge in [0, 0.05) is 18.7 Å². The van der Waals surface area contributed by atoms with Crippen molar-refractivity contribution < 1.29 is 9.59 Å². The highest BCUT2D eigenvalue weighted by molar-refractivity contribution is 5.98. The van der Waals surface area contributed by atoms with Crippen LogP contribution in [0.15, 0.2) is 48.5 Å². The van der Waals surface area contributed by atoms with E-state index >= 15 is 0 Å². The third-order valence-corrected chi connectivity index (χ3v) is 5.11. The van der Waals surface area contributed by atoms with Gasteiger partial charge in [0.2, 0.25) is 5.91 Å². The molecule has 29 heavy (non-hydrogen) atoms. The predicted octanol–water partition coefficient (Wildman–Crippen LogP) is 3.22. The number of carbonyl (C=O) groups is 2. The van der Waals surface area contributed by atoms with Gasteiger partial charge in [0.25, 0.3) is 5.91 Å². The van der Waals surface area contributed by atoms with Gasteiger partial charge in [-0.15, -0.1) is 0 Å². The predicted molar refractivity (Wildman–Crippen MR) is 115 cm³/mol. The second-order valence-electron chi connectivity index (χ2n) is 7.60. The Hall–Kier alpha value is -3.15. The minimum absolute atomic E-state index is 0.0289. The van der Waals surface area contributed by atoms with E-state index < -0.39 is 6.04 Å². The molecule has 1 aromatic heterocycles. The Morgan fingerprint density at radius 1 is 1.03 bits per heavy atom. The minimum Gasteiger partial charge on any atom is -0.353 e. The zero-order valence-electron chi connectivity index (χ0n) is 17.4. The molecule has 0 spiro atoms. The first-order valence-electron chi connectivity index (χ1n) is 9.94. The molecule has 0 radical (unpaired) electrons. The van der Waals surface area contributed by atoms with E-state index in [0.29, 0.717) is 18.7 Å². The quantitative estimate of drug-likeness (QED) is 0.648. The molecule has 0 aliphatic heterocycles. The average molecular weight is 393 g/mol. The van der Waals surface area contributed by atoms with Crippen molar-refractivity contribution in [2.75, 3.05) is 6.54 Å². The van der Waals surface area contributed by atoms with E-state index in [-0.39, 0.29) is 17.7 Å². The van der Waals surface area contributed by atoms with Gasteiger partial charge in [-0.2, -0.15) is 0 Å². The SMILES string of the molecule is Cc1ccccc1C(=O)NC(C(=O)NCCn1c(C)nc2ccccc21)C(C)C. The van der Waals surface area contributed by atoms with E-state index in [1.54, 1.807) is 6.07 Å². The summed E-state index contributed by atoms with van der Waals surface area (Å²) in [5, 5.41) is 5.85. The summed E-state index contributed by atoms with van der Waals surface area (Å²) >= 11 is 0. The van der Waals surface area contributed by atoms with Crippen molar-refractivity contribution in [3.63, 3.8) is 0 Å². The monoisotopic (exact) mass is 392 g/mol. The molecular weight excluding hydrogens is 364 g/mol. The molecular formula is C23H28N4O2. The van der Waals surface area contributed by atoms with Gasteiger partial charge in [-0.25, -0.2) is 4.98 Å². The first-order valence-corrected chi connectivity index (χ1v) is 9.94. The van der Waals surface area contributed by atoms with Crippen LogP contribution in [0.2, 0.25) is 0 Å². The normalized spacial score (nSPS) is 12.2. The lowest BCUT2D eigenvalue weighted by Crippen LogP contribution is -2.50. The van der Waals surface area contributed by atoms with E-state index in [1.165, 1.54) is 0 Å². The molecule has 0 saturated carbocycles. The number of nitrogens with one attached hydrogen (secondary N) is 2. The molecule has 2 amide bonds. The van der Waals surface area contributed by atoms with Crippen molar-refractivity contribution in [2.24, 2.45) is 5.92 Å². The molecule has 0 aliphatic rings. The van der Waals surface area contributed by atoms with Gasteiger partial charge < -0.3 is 15.2 Å². The van der Waals surface area contributed by atoms with Crippen LogP contribution in [-0.2, 0) is 11.3 Å². The molecule has 3 aromatic rings. The highest BCUT2D eigenvalue weighted by Crippen LogP contribution is 2.15. The summed E-state index contributed by atoms with van der Waals surface area (Å²) in [7, 11) is 0. The van der Waals surface area contributed by atoms with E-state index in [0.717, 1.165) is 22.4 Å². The Bertz CT molecular complexity index is 1020. The van der Waals surface area contributed by atoms with Crippen molar-refractivity contribution >= 4 is 22.8 Å². The van der Waals surface area contributed by atoms with E-state index in [1.807, 2.05) is 70.2 Å². The number of fused-ring (bicyclic) bond motifs is 1. The van der Waals surface area contributed by atoms with Crippen molar-refractivity contribution in [1.29, 1.82) is 0 Å². The number of aromatic nitrogens is 2. The third kappa shape index (κ3) is 4.65. The van der Waals surface area contributed by atoms with Gasteiger partial charge in [-0.05, 0) is 43.5 Å². The van der Waals surface area contributed by atoms with Crippen molar-refractivity contribution in [3.05, 3.63) is 65.5 Å². The standard InChI is InChI=1S/C23H28N4O2/c1-15(2)21(26-22(28)18-10-6-5-9-16(18)3)23(29)24-13-14-27-17(4)25-19-11-7-8-12-20(19)27/h5-12,15,21H,13-14H2,1-4H3,(H,24,29)(H,26,28). The maximum Gasteiger partial charge on any atom is 0.252 e. The summed E-state index contributed by atoms with van der Waals surface area (Å²) in [5.41, 5.74) is 3.47. The molecule has 6 nitrogen and oxygen atoms in total. The highest BCUT2D eigenvalue weighted by atomic mass is 16.2. The van der Waals surface area contributed by atoms with Crippen LogP contribution < -0.4 is 10.6 Å². The first kappa shape index (κ1) is 20.6. The van der Waals surface area contributed by atoms with Gasteiger partial charge in [0.05, 0.1) is 11.0 Å². The second kappa shape index (κ2) is 8.90. The maximum absolute atomic E-state index is 12.8. The molecule has 0 fully saturated rings. The van der Waals surface area contributed by atoms with Gasteiger partial charge in [0.1, 0.15) is 11.9 Å². The number of nitrogens with zero attached hydrogens (tertiary/aromatic N) is 2. The smallest absolute Gasteiger partial charge is 0.252 e. The van der Waals surface area contributed by atoms with Gasteiger partial charge >= 0.3 is 0 Å². The Morgan fingerprint density at radius 2 is 1.72 bits per heavy atom. The first-order chi connectivity index (χ1) is 13.9. The summed E-state index contributed by atoms with van der Waals surface area (Å²) in [6, 6.07) is 14.7. The van der Waals surface area contributed by atoms with Gasteiger partial charge in [-0.3, -0.25) is 9.59 Å². The van der Waals surface area contributed by atoms with E-state index in [2.05, 4.69) is 20.2 Å². The molecule has 1 atom stereocenters. The number of aryl methyl sites for hydroxylation is 2.